The minimum absolute atomic E-state index is 0.187. The van der Waals surface area contributed by atoms with Gasteiger partial charge >= 0.3 is 0 Å². The highest BCUT2D eigenvalue weighted by Gasteiger charge is 2.14. The van der Waals surface area contributed by atoms with Gasteiger partial charge in [0.15, 0.2) is 22.4 Å². The van der Waals surface area contributed by atoms with Crippen LogP contribution in [0.15, 0.2) is 53.7 Å². The summed E-state index contributed by atoms with van der Waals surface area (Å²) in [7, 11) is -3.73. The second-order valence-electron chi connectivity index (χ2n) is 5.41. The van der Waals surface area contributed by atoms with Crippen molar-refractivity contribution in [2.24, 2.45) is 0 Å². The molecule has 6 nitrogen and oxygen atoms in total. The second kappa shape index (κ2) is 6.55. The minimum atomic E-state index is -3.73. The van der Waals surface area contributed by atoms with Crippen molar-refractivity contribution in [3.8, 4) is 0 Å². The fourth-order valence-corrected chi connectivity index (χ4v) is 3.32. The number of hydrogen-bond donors (Lipinski definition) is 0. The molecule has 122 valence electrons. The minimum Gasteiger partial charge on any atom is -0.378 e. The number of nitrogens with zero attached hydrogens (tertiary/aromatic N) is 3. The number of benzene rings is 1. The van der Waals surface area contributed by atoms with Crippen LogP contribution >= 0.6 is 0 Å². The normalized spacial score (nSPS) is 15.4. The van der Waals surface area contributed by atoms with Crippen LogP contribution in [0.5, 0.6) is 0 Å². The van der Waals surface area contributed by atoms with Crippen LogP contribution in [0, 0.1) is 6.92 Å². The number of aromatic nitrogens is 1. The molecular weight excluding hydrogens is 314 g/mol. The molecule has 0 atom stereocenters. The van der Waals surface area contributed by atoms with Gasteiger partial charge in [-0.3, -0.25) is 0 Å². The van der Waals surface area contributed by atoms with Gasteiger partial charge in [0, 0.05) is 19.2 Å². The van der Waals surface area contributed by atoms with Crippen molar-refractivity contribution in [1.82, 2.24) is 0 Å². The Bertz CT molecular complexity index is 769. The highest BCUT2D eigenvalue weighted by Crippen LogP contribution is 2.17. The van der Waals surface area contributed by atoms with Crippen LogP contribution < -0.4 is 9.58 Å². The molecule has 0 amide bonds. The molecule has 1 fully saturated rings. The molecule has 1 aliphatic rings. The van der Waals surface area contributed by atoms with Gasteiger partial charge in [0.1, 0.15) is 5.69 Å². The van der Waals surface area contributed by atoms with Crippen molar-refractivity contribution >= 4 is 15.7 Å². The van der Waals surface area contributed by atoms with E-state index in [1.807, 2.05) is 13.0 Å². The number of aryl methyl sites for hydroxylation is 1. The lowest BCUT2D eigenvalue weighted by molar-refractivity contribution is -0.613. The lowest BCUT2D eigenvalue weighted by atomic mass is 10.2. The van der Waals surface area contributed by atoms with Gasteiger partial charge in [0.25, 0.3) is 0 Å². The molecule has 0 unspecified atom stereocenters. The van der Waals surface area contributed by atoms with Crippen molar-refractivity contribution in [3.63, 3.8) is 0 Å². The lowest BCUT2D eigenvalue weighted by Gasteiger charge is -2.28. The average molecular weight is 333 g/mol. The van der Waals surface area contributed by atoms with Crippen LogP contribution in [-0.4, -0.2) is 34.7 Å². The van der Waals surface area contributed by atoms with E-state index in [0.29, 0.717) is 13.2 Å². The molecule has 23 heavy (non-hydrogen) atoms. The SMILES string of the molecule is Cc1ccc(S(=O)(=O)[N-][n+]2cccc(N3CCOCC3)c2)cc1. The van der Waals surface area contributed by atoms with Crippen molar-refractivity contribution in [2.75, 3.05) is 31.2 Å². The first-order chi connectivity index (χ1) is 11.0. The first kappa shape index (κ1) is 15.8. The number of sulfonamides is 1. The maximum Gasteiger partial charge on any atom is 0.188 e. The van der Waals surface area contributed by atoms with Gasteiger partial charge in [-0.25, -0.2) is 13.1 Å². The lowest BCUT2D eigenvalue weighted by Crippen LogP contribution is -2.39. The molecule has 0 radical (unpaired) electrons. The van der Waals surface area contributed by atoms with Gasteiger partial charge in [-0.2, -0.15) is 0 Å². The monoisotopic (exact) mass is 333 g/mol. The van der Waals surface area contributed by atoms with Gasteiger partial charge in [-0.05, 0) is 25.1 Å². The van der Waals surface area contributed by atoms with Gasteiger partial charge in [0.2, 0.25) is 0 Å². The molecular formula is C16H19N3O3S. The van der Waals surface area contributed by atoms with E-state index in [2.05, 4.69) is 9.73 Å². The van der Waals surface area contributed by atoms with E-state index in [1.54, 1.807) is 42.7 Å². The third kappa shape index (κ3) is 3.80. The van der Waals surface area contributed by atoms with Crippen molar-refractivity contribution < 1.29 is 17.8 Å². The highest BCUT2D eigenvalue weighted by molar-refractivity contribution is 7.93. The molecule has 0 aliphatic carbocycles. The molecule has 0 N–H and O–H groups in total. The van der Waals surface area contributed by atoms with E-state index < -0.39 is 10.0 Å². The summed E-state index contributed by atoms with van der Waals surface area (Å²) in [4.78, 5) is 6.21. The summed E-state index contributed by atoms with van der Waals surface area (Å²) < 4.78 is 31.4. The fraction of sp³-hybridized carbons (Fsp3) is 0.312. The molecule has 0 saturated carbocycles. The largest absolute Gasteiger partial charge is 0.378 e. The Kier molecular flexibility index (Phi) is 4.49. The fourth-order valence-electron chi connectivity index (χ4n) is 2.39. The van der Waals surface area contributed by atoms with Crippen LogP contribution in [0.25, 0.3) is 4.83 Å². The number of rotatable bonds is 4. The van der Waals surface area contributed by atoms with E-state index in [1.165, 1.54) is 4.68 Å². The summed E-state index contributed by atoms with van der Waals surface area (Å²) >= 11 is 0. The number of ether oxygens (including phenoxy) is 1. The van der Waals surface area contributed by atoms with Crippen LogP contribution in [0.3, 0.4) is 0 Å². The van der Waals surface area contributed by atoms with E-state index in [4.69, 9.17) is 4.74 Å². The zero-order valence-electron chi connectivity index (χ0n) is 12.9. The second-order valence-corrected chi connectivity index (χ2v) is 7.00. The zero-order valence-corrected chi connectivity index (χ0v) is 13.7. The van der Waals surface area contributed by atoms with E-state index in [9.17, 15) is 8.42 Å². The van der Waals surface area contributed by atoms with Crippen LogP contribution in [0.4, 0.5) is 5.69 Å². The molecule has 1 aliphatic heterocycles. The summed E-state index contributed by atoms with van der Waals surface area (Å²) in [5.41, 5.74) is 1.93. The predicted molar refractivity (Wildman–Crippen MR) is 86.8 cm³/mol. The van der Waals surface area contributed by atoms with Gasteiger partial charge in [-0.1, -0.05) is 17.7 Å². The molecule has 0 spiro atoms. The summed E-state index contributed by atoms with van der Waals surface area (Å²) in [6.45, 7) is 4.83. The smallest absolute Gasteiger partial charge is 0.188 e. The van der Waals surface area contributed by atoms with E-state index in [0.717, 1.165) is 24.3 Å². The highest BCUT2D eigenvalue weighted by atomic mass is 32.2. The Morgan fingerprint density at radius 2 is 1.83 bits per heavy atom. The molecule has 7 heteroatoms. The third-order valence-electron chi connectivity index (χ3n) is 3.67. The predicted octanol–water partition coefficient (Wildman–Crippen LogP) is 1.64. The summed E-state index contributed by atoms with van der Waals surface area (Å²) in [6, 6.07) is 10.4. The summed E-state index contributed by atoms with van der Waals surface area (Å²) in [6.07, 6.45) is 3.34. The third-order valence-corrected chi connectivity index (χ3v) is 4.94. The maximum atomic E-state index is 12.4. The number of pyridine rings is 1. The average Bonchev–Trinajstić information content (AvgIpc) is 2.56. The Hall–Kier alpha value is -2.12. The first-order valence-electron chi connectivity index (χ1n) is 7.44. The van der Waals surface area contributed by atoms with Crippen LogP contribution in [0.1, 0.15) is 5.56 Å². The number of morpholine rings is 1. The van der Waals surface area contributed by atoms with Crippen LogP contribution in [-0.2, 0) is 14.8 Å². The Balaban J connectivity index is 1.80. The Morgan fingerprint density at radius 3 is 2.52 bits per heavy atom. The molecule has 1 saturated heterocycles. The van der Waals surface area contributed by atoms with Crippen LogP contribution in [0.2, 0.25) is 0 Å². The maximum absolute atomic E-state index is 12.4. The molecule has 1 aromatic carbocycles. The molecule has 3 rings (SSSR count). The molecule has 2 heterocycles. The molecule has 2 aromatic rings. The quantitative estimate of drug-likeness (QED) is 0.798. The van der Waals surface area contributed by atoms with Crippen molar-refractivity contribution in [1.29, 1.82) is 0 Å². The van der Waals surface area contributed by atoms with E-state index >= 15 is 0 Å². The Labute approximate surface area is 136 Å². The summed E-state index contributed by atoms with van der Waals surface area (Å²) in [5, 5.41) is 0. The zero-order chi connectivity index (χ0) is 16.3. The number of anilines is 1. The molecule has 0 bridgehead atoms. The number of hydrogen-bond acceptors (Lipinski definition) is 4. The first-order valence-corrected chi connectivity index (χ1v) is 8.88. The van der Waals surface area contributed by atoms with Gasteiger partial charge < -0.3 is 14.5 Å². The molecule has 1 aromatic heterocycles. The van der Waals surface area contributed by atoms with Gasteiger partial charge in [0.05, 0.1) is 18.1 Å². The van der Waals surface area contributed by atoms with Gasteiger partial charge in [-0.15, -0.1) is 0 Å². The topological polar surface area (TPSA) is 64.6 Å². The standard InChI is InChI=1S/C16H19N3O3S/c1-14-4-6-16(7-5-14)23(20,21)17-19-8-2-3-15(13-19)18-9-11-22-12-10-18/h2-8,13H,9-12H2,1H3. The van der Waals surface area contributed by atoms with Crippen molar-refractivity contribution in [2.45, 2.75) is 11.8 Å². The van der Waals surface area contributed by atoms with Crippen molar-refractivity contribution in [3.05, 3.63) is 59.2 Å². The van der Waals surface area contributed by atoms with E-state index in [-0.39, 0.29) is 4.90 Å². The Morgan fingerprint density at radius 1 is 1.13 bits per heavy atom. The summed E-state index contributed by atoms with van der Waals surface area (Å²) in [5.74, 6) is 0.